The van der Waals surface area contributed by atoms with Crippen LogP contribution in [0.15, 0.2) is 24.3 Å². The molecule has 0 aromatic heterocycles. The van der Waals surface area contributed by atoms with Crippen molar-refractivity contribution in [3.05, 3.63) is 34.9 Å². The van der Waals surface area contributed by atoms with Crippen LogP contribution in [0.2, 0.25) is 5.02 Å². The fourth-order valence-electron chi connectivity index (χ4n) is 2.30. The zero-order valence-corrected chi connectivity index (χ0v) is 11.8. The summed E-state index contributed by atoms with van der Waals surface area (Å²) >= 11 is 5.99. The Labute approximate surface area is 113 Å². The zero-order chi connectivity index (χ0) is 13.7. The molecule has 1 rings (SSSR count). The fraction of sp³-hybridized carbons (Fsp3) is 0.500. The van der Waals surface area contributed by atoms with E-state index >= 15 is 0 Å². The third-order valence-electron chi connectivity index (χ3n) is 3.23. The van der Waals surface area contributed by atoms with Crippen LogP contribution in [0.5, 0.6) is 0 Å². The molecule has 0 saturated carbocycles. The van der Waals surface area contributed by atoms with Crippen LogP contribution >= 0.6 is 11.6 Å². The van der Waals surface area contributed by atoms with Crippen molar-refractivity contribution in [2.45, 2.75) is 39.3 Å². The molecule has 0 heterocycles. The van der Waals surface area contributed by atoms with Crippen LogP contribution in [-0.2, 0) is 4.79 Å². The van der Waals surface area contributed by atoms with Crippen molar-refractivity contribution in [2.24, 2.45) is 0 Å². The average Bonchev–Trinajstić information content (AvgIpc) is 2.28. The maximum absolute atomic E-state index is 10.8. The molecule has 2 atom stereocenters. The van der Waals surface area contributed by atoms with Gasteiger partial charge in [-0.3, -0.25) is 9.69 Å². The molecule has 1 aromatic rings. The number of halogens is 1. The summed E-state index contributed by atoms with van der Waals surface area (Å²) in [6.45, 7) is 6.87. The predicted molar refractivity (Wildman–Crippen MR) is 74.0 cm³/mol. The quantitative estimate of drug-likeness (QED) is 0.858. The summed E-state index contributed by atoms with van der Waals surface area (Å²) < 4.78 is 0. The minimum absolute atomic E-state index is 0.00137. The highest BCUT2D eigenvalue weighted by atomic mass is 35.5. The number of benzene rings is 1. The standard InChI is InChI=1S/C14H20ClNO2/c1-4-16(10(2)8-14(17)18)11(3)12-6-5-7-13(15)9-12/h5-7,9-11H,4,8H2,1-3H3,(H,17,18). The number of hydrogen-bond donors (Lipinski definition) is 1. The van der Waals surface area contributed by atoms with Gasteiger partial charge in [-0.05, 0) is 38.1 Å². The molecule has 0 aliphatic rings. The molecule has 0 bridgehead atoms. The number of hydrogen-bond acceptors (Lipinski definition) is 2. The van der Waals surface area contributed by atoms with Crippen LogP contribution in [0.1, 0.15) is 38.8 Å². The fourth-order valence-corrected chi connectivity index (χ4v) is 2.49. The molecular formula is C14H20ClNO2. The SMILES string of the molecule is CCN(C(C)CC(=O)O)C(C)c1cccc(Cl)c1. The molecule has 0 saturated heterocycles. The minimum atomic E-state index is -0.765. The van der Waals surface area contributed by atoms with Crippen LogP contribution in [0.25, 0.3) is 0 Å². The Morgan fingerprint density at radius 2 is 2.11 bits per heavy atom. The van der Waals surface area contributed by atoms with Crippen molar-refractivity contribution < 1.29 is 9.90 Å². The molecule has 0 fully saturated rings. The van der Waals surface area contributed by atoms with E-state index in [4.69, 9.17) is 16.7 Å². The van der Waals surface area contributed by atoms with Crippen LogP contribution < -0.4 is 0 Å². The van der Waals surface area contributed by atoms with E-state index in [1.165, 1.54) is 0 Å². The van der Waals surface area contributed by atoms with Crippen LogP contribution in [-0.4, -0.2) is 28.6 Å². The Morgan fingerprint density at radius 3 is 2.61 bits per heavy atom. The molecule has 0 aliphatic heterocycles. The van der Waals surface area contributed by atoms with Crippen molar-refractivity contribution in [3.8, 4) is 0 Å². The number of carboxylic acids is 1. The van der Waals surface area contributed by atoms with Gasteiger partial charge in [0.05, 0.1) is 6.42 Å². The molecule has 0 amide bonds. The Balaban J connectivity index is 2.84. The zero-order valence-electron chi connectivity index (χ0n) is 11.1. The third-order valence-corrected chi connectivity index (χ3v) is 3.46. The van der Waals surface area contributed by atoms with Gasteiger partial charge in [-0.1, -0.05) is 30.7 Å². The second-order valence-corrected chi connectivity index (χ2v) is 4.94. The average molecular weight is 270 g/mol. The molecule has 1 aromatic carbocycles. The molecule has 100 valence electrons. The van der Waals surface area contributed by atoms with Crippen molar-refractivity contribution in [1.82, 2.24) is 4.90 Å². The van der Waals surface area contributed by atoms with Crippen molar-refractivity contribution >= 4 is 17.6 Å². The lowest BCUT2D eigenvalue weighted by atomic mass is 10.0. The highest BCUT2D eigenvalue weighted by Gasteiger charge is 2.21. The summed E-state index contributed by atoms with van der Waals surface area (Å²) in [5, 5.41) is 9.59. The van der Waals surface area contributed by atoms with Gasteiger partial charge in [0.1, 0.15) is 0 Å². The number of nitrogens with zero attached hydrogens (tertiary/aromatic N) is 1. The van der Waals surface area contributed by atoms with E-state index in [2.05, 4.69) is 11.8 Å². The normalized spacial score (nSPS) is 14.5. The van der Waals surface area contributed by atoms with Crippen LogP contribution in [0, 0.1) is 0 Å². The van der Waals surface area contributed by atoms with Gasteiger partial charge < -0.3 is 5.11 Å². The maximum atomic E-state index is 10.8. The number of rotatable bonds is 6. The van der Waals surface area contributed by atoms with Crippen LogP contribution in [0.4, 0.5) is 0 Å². The van der Waals surface area contributed by atoms with Gasteiger partial charge in [-0.25, -0.2) is 0 Å². The Bertz CT molecular complexity index is 409. The molecule has 18 heavy (non-hydrogen) atoms. The molecule has 0 radical (unpaired) electrons. The van der Waals surface area contributed by atoms with E-state index in [-0.39, 0.29) is 18.5 Å². The van der Waals surface area contributed by atoms with Crippen molar-refractivity contribution in [3.63, 3.8) is 0 Å². The molecule has 4 heteroatoms. The highest BCUT2D eigenvalue weighted by Crippen LogP contribution is 2.25. The van der Waals surface area contributed by atoms with E-state index in [1.807, 2.05) is 38.1 Å². The summed E-state index contributed by atoms with van der Waals surface area (Å²) in [6, 6.07) is 7.87. The van der Waals surface area contributed by atoms with Gasteiger partial charge in [0, 0.05) is 17.1 Å². The second-order valence-electron chi connectivity index (χ2n) is 4.51. The van der Waals surface area contributed by atoms with E-state index in [1.54, 1.807) is 0 Å². The summed E-state index contributed by atoms with van der Waals surface area (Å²) in [4.78, 5) is 13.0. The largest absolute Gasteiger partial charge is 0.481 e. The Kier molecular flexibility index (Phi) is 5.63. The number of carboxylic acid groups (broad SMARTS) is 1. The Hall–Kier alpha value is -1.06. The smallest absolute Gasteiger partial charge is 0.304 e. The van der Waals surface area contributed by atoms with Gasteiger partial charge in [0.2, 0.25) is 0 Å². The van der Waals surface area contributed by atoms with Gasteiger partial charge in [0.25, 0.3) is 0 Å². The molecule has 0 aliphatic carbocycles. The van der Waals surface area contributed by atoms with Crippen molar-refractivity contribution in [1.29, 1.82) is 0 Å². The van der Waals surface area contributed by atoms with Gasteiger partial charge in [0.15, 0.2) is 0 Å². The summed E-state index contributed by atoms with van der Waals surface area (Å²) in [5.74, 6) is -0.765. The number of aliphatic carboxylic acids is 1. The van der Waals surface area contributed by atoms with Gasteiger partial charge >= 0.3 is 5.97 Å². The van der Waals surface area contributed by atoms with E-state index < -0.39 is 5.97 Å². The lowest BCUT2D eigenvalue weighted by molar-refractivity contribution is -0.138. The topological polar surface area (TPSA) is 40.5 Å². The second kappa shape index (κ2) is 6.76. The first-order valence-electron chi connectivity index (χ1n) is 6.18. The van der Waals surface area contributed by atoms with E-state index in [9.17, 15) is 4.79 Å². The number of carbonyl (C=O) groups is 1. The first kappa shape index (κ1) is 15.0. The summed E-state index contributed by atoms with van der Waals surface area (Å²) in [5.41, 5.74) is 1.11. The predicted octanol–water partition coefficient (Wildman–Crippen LogP) is 3.59. The Morgan fingerprint density at radius 1 is 1.44 bits per heavy atom. The van der Waals surface area contributed by atoms with Crippen molar-refractivity contribution in [2.75, 3.05) is 6.54 Å². The van der Waals surface area contributed by atoms with Gasteiger partial charge in [-0.2, -0.15) is 0 Å². The first-order valence-corrected chi connectivity index (χ1v) is 6.56. The van der Waals surface area contributed by atoms with E-state index in [0.717, 1.165) is 12.1 Å². The maximum Gasteiger partial charge on any atom is 0.304 e. The lowest BCUT2D eigenvalue weighted by Gasteiger charge is -2.33. The first-order chi connectivity index (χ1) is 8.45. The molecule has 0 spiro atoms. The van der Waals surface area contributed by atoms with Gasteiger partial charge in [-0.15, -0.1) is 0 Å². The molecule has 2 unspecified atom stereocenters. The minimum Gasteiger partial charge on any atom is -0.481 e. The lowest BCUT2D eigenvalue weighted by Crippen LogP contribution is -2.36. The van der Waals surface area contributed by atoms with Crippen LogP contribution in [0.3, 0.4) is 0 Å². The molecule has 3 nitrogen and oxygen atoms in total. The monoisotopic (exact) mass is 269 g/mol. The molecule has 1 N–H and O–H groups in total. The highest BCUT2D eigenvalue weighted by molar-refractivity contribution is 6.30. The summed E-state index contributed by atoms with van der Waals surface area (Å²) in [7, 11) is 0. The summed E-state index contributed by atoms with van der Waals surface area (Å²) in [6.07, 6.45) is 0.152. The molecular weight excluding hydrogens is 250 g/mol. The third kappa shape index (κ3) is 4.00. The van der Waals surface area contributed by atoms with E-state index in [0.29, 0.717) is 5.02 Å².